The third kappa shape index (κ3) is 3.45. The van der Waals surface area contributed by atoms with Crippen molar-refractivity contribution in [1.82, 2.24) is 9.78 Å². The predicted octanol–water partition coefficient (Wildman–Crippen LogP) is 5.50. The van der Waals surface area contributed by atoms with E-state index in [1.165, 1.54) is 6.07 Å². The number of hydrogen-bond acceptors (Lipinski definition) is 2. The van der Waals surface area contributed by atoms with Crippen LogP contribution in [0.25, 0.3) is 5.69 Å². The molecule has 7 heteroatoms. The minimum Gasteiger partial charge on any atom is -0.319 e. The molecule has 0 saturated heterocycles. The maximum absolute atomic E-state index is 13.7. The van der Waals surface area contributed by atoms with Crippen molar-refractivity contribution in [2.24, 2.45) is 0 Å². The van der Waals surface area contributed by atoms with Gasteiger partial charge in [0.1, 0.15) is 5.82 Å². The zero-order valence-electron chi connectivity index (χ0n) is 14.4. The molecule has 3 aromatic rings. The molecule has 0 spiro atoms. The Morgan fingerprint density at radius 2 is 1.73 bits per heavy atom. The van der Waals surface area contributed by atoms with Gasteiger partial charge in [-0.2, -0.15) is 5.10 Å². The van der Waals surface area contributed by atoms with E-state index in [2.05, 4.69) is 10.4 Å². The highest BCUT2D eigenvalue weighted by Crippen LogP contribution is 2.27. The van der Waals surface area contributed by atoms with Crippen LogP contribution < -0.4 is 5.32 Å². The topological polar surface area (TPSA) is 46.9 Å². The second-order valence-electron chi connectivity index (χ2n) is 5.99. The van der Waals surface area contributed by atoms with Gasteiger partial charge < -0.3 is 5.32 Å². The fourth-order valence-corrected chi connectivity index (χ4v) is 3.11. The summed E-state index contributed by atoms with van der Waals surface area (Å²) in [6.45, 7) is 5.64. The highest BCUT2D eigenvalue weighted by molar-refractivity contribution is 6.37. The average molecular weight is 392 g/mol. The highest BCUT2D eigenvalue weighted by atomic mass is 35.5. The molecule has 134 valence electrons. The number of anilines is 1. The van der Waals surface area contributed by atoms with E-state index in [0.29, 0.717) is 11.4 Å². The van der Waals surface area contributed by atoms with Crippen LogP contribution in [0.4, 0.5) is 10.1 Å². The Balaban J connectivity index is 1.95. The van der Waals surface area contributed by atoms with Gasteiger partial charge in [-0.15, -0.1) is 0 Å². The molecule has 0 aliphatic rings. The van der Waals surface area contributed by atoms with Crippen LogP contribution in [0.2, 0.25) is 10.0 Å². The van der Waals surface area contributed by atoms with Gasteiger partial charge in [-0.3, -0.25) is 4.79 Å². The Labute approximate surface area is 160 Å². The van der Waals surface area contributed by atoms with Crippen molar-refractivity contribution < 1.29 is 9.18 Å². The molecule has 0 atom stereocenters. The maximum Gasteiger partial charge on any atom is 0.257 e. The number of carbonyl (C=O) groups is 1. The lowest BCUT2D eigenvalue weighted by molar-refractivity contribution is 0.102. The fraction of sp³-hybridized carbons (Fsp3) is 0.158. The van der Waals surface area contributed by atoms with Gasteiger partial charge in [0.05, 0.1) is 38.4 Å². The lowest BCUT2D eigenvalue weighted by atomic mass is 10.2. The molecule has 1 amide bonds. The monoisotopic (exact) mass is 391 g/mol. The lowest BCUT2D eigenvalue weighted by Gasteiger charge is -2.09. The number of nitrogens with zero attached hydrogens (tertiary/aromatic N) is 2. The summed E-state index contributed by atoms with van der Waals surface area (Å²) in [5, 5.41) is 7.20. The number of hydrogen-bond donors (Lipinski definition) is 1. The summed E-state index contributed by atoms with van der Waals surface area (Å²) >= 11 is 11.7. The van der Waals surface area contributed by atoms with Crippen molar-refractivity contribution in [1.29, 1.82) is 0 Å². The molecule has 4 nitrogen and oxygen atoms in total. The van der Waals surface area contributed by atoms with Crippen molar-refractivity contribution >= 4 is 34.8 Å². The number of carbonyl (C=O) groups excluding carboxylic acids is 1. The molecule has 0 aliphatic carbocycles. The molecule has 0 unspecified atom stereocenters. The summed E-state index contributed by atoms with van der Waals surface area (Å²) in [6, 6.07) is 10.1. The third-order valence-corrected chi connectivity index (χ3v) is 4.67. The van der Waals surface area contributed by atoms with E-state index in [1.807, 2.05) is 38.1 Å². The average Bonchev–Trinajstić information content (AvgIpc) is 2.87. The van der Waals surface area contributed by atoms with Crippen LogP contribution in [0.5, 0.6) is 0 Å². The summed E-state index contributed by atoms with van der Waals surface area (Å²) in [5.74, 6) is -1.23. The number of halogens is 3. The fourth-order valence-electron chi connectivity index (χ4n) is 2.64. The van der Waals surface area contributed by atoms with Crippen LogP contribution in [0.15, 0.2) is 36.4 Å². The zero-order chi connectivity index (χ0) is 19.0. The van der Waals surface area contributed by atoms with E-state index in [-0.39, 0.29) is 15.6 Å². The van der Waals surface area contributed by atoms with Crippen molar-refractivity contribution in [3.8, 4) is 5.69 Å². The van der Waals surface area contributed by atoms with Gasteiger partial charge in [-0.05, 0) is 45.0 Å². The molecule has 1 N–H and O–H groups in total. The molecule has 0 radical (unpaired) electrons. The summed E-state index contributed by atoms with van der Waals surface area (Å²) in [4.78, 5) is 12.6. The first-order valence-corrected chi connectivity index (χ1v) is 8.62. The van der Waals surface area contributed by atoms with E-state index in [9.17, 15) is 9.18 Å². The van der Waals surface area contributed by atoms with Gasteiger partial charge in [0.15, 0.2) is 0 Å². The van der Waals surface area contributed by atoms with Gasteiger partial charge >= 0.3 is 0 Å². The highest BCUT2D eigenvalue weighted by Gasteiger charge is 2.19. The number of amides is 1. The maximum atomic E-state index is 13.7. The molecule has 0 fully saturated rings. The Bertz CT molecular complexity index is 997. The van der Waals surface area contributed by atoms with Gasteiger partial charge in [0.2, 0.25) is 0 Å². The largest absolute Gasteiger partial charge is 0.319 e. The molecule has 3 rings (SSSR count). The molecular weight excluding hydrogens is 376 g/mol. The normalized spacial score (nSPS) is 10.8. The van der Waals surface area contributed by atoms with E-state index in [0.717, 1.165) is 23.0 Å². The first-order valence-electron chi connectivity index (χ1n) is 7.87. The second-order valence-corrected chi connectivity index (χ2v) is 6.81. The van der Waals surface area contributed by atoms with Gasteiger partial charge in [0, 0.05) is 0 Å². The van der Waals surface area contributed by atoms with Crippen molar-refractivity contribution in [3.63, 3.8) is 0 Å². The SMILES string of the molecule is Cc1ccc(-n2nc(C)c(NC(=O)c3cc(F)c(Cl)cc3Cl)c2C)cc1. The van der Waals surface area contributed by atoms with Gasteiger partial charge in [-0.25, -0.2) is 9.07 Å². The first kappa shape index (κ1) is 18.4. The number of rotatable bonds is 3. The summed E-state index contributed by atoms with van der Waals surface area (Å²) < 4.78 is 15.4. The standard InChI is InChI=1S/C19H16Cl2FN3O/c1-10-4-6-13(7-5-10)25-12(3)18(11(2)24-25)23-19(26)14-8-17(22)16(21)9-15(14)20/h4-9H,1-3H3,(H,23,26). The summed E-state index contributed by atoms with van der Waals surface area (Å²) in [7, 11) is 0. The lowest BCUT2D eigenvalue weighted by Crippen LogP contribution is -2.14. The Morgan fingerprint density at radius 1 is 1.08 bits per heavy atom. The number of aryl methyl sites for hydroxylation is 2. The van der Waals surface area contributed by atoms with Crippen LogP contribution in [-0.2, 0) is 0 Å². The number of benzene rings is 2. The predicted molar refractivity (Wildman–Crippen MR) is 102 cm³/mol. The van der Waals surface area contributed by atoms with Crippen LogP contribution >= 0.6 is 23.2 Å². The minimum atomic E-state index is -0.704. The van der Waals surface area contributed by atoms with Crippen molar-refractivity contribution in [2.45, 2.75) is 20.8 Å². The Hall–Kier alpha value is -2.37. The minimum absolute atomic E-state index is 0.00968. The Kier molecular flexibility index (Phi) is 5.03. The summed E-state index contributed by atoms with van der Waals surface area (Å²) in [6.07, 6.45) is 0. The smallest absolute Gasteiger partial charge is 0.257 e. The van der Waals surface area contributed by atoms with E-state index in [1.54, 1.807) is 11.6 Å². The summed E-state index contributed by atoms with van der Waals surface area (Å²) in [5.41, 5.74) is 3.99. The molecule has 26 heavy (non-hydrogen) atoms. The van der Waals surface area contributed by atoms with Gasteiger partial charge in [-0.1, -0.05) is 40.9 Å². The molecule has 2 aromatic carbocycles. The molecule has 1 aromatic heterocycles. The van der Waals surface area contributed by atoms with Crippen LogP contribution in [0.3, 0.4) is 0 Å². The van der Waals surface area contributed by atoms with E-state index >= 15 is 0 Å². The molecule has 0 saturated carbocycles. The number of aromatic nitrogens is 2. The van der Waals surface area contributed by atoms with E-state index < -0.39 is 11.7 Å². The Morgan fingerprint density at radius 3 is 2.38 bits per heavy atom. The second kappa shape index (κ2) is 7.09. The quantitative estimate of drug-likeness (QED) is 0.599. The van der Waals surface area contributed by atoms with Crippen LogP contribution in [0, 0.1) is 26.6 Å². The van der Waals surface area contributed by atoms with Crippen LogP contribution in [0.1, 0.15) is 27.3 Å². The molecule has 0 bridgehead atoms. The van der Waals surface area contributed by atoms with Crippen molar-refractivity contribution in [3.05, 3.63) is 74.8 Å². The third-order valence-electron chi connectivity index (χ3n) is 4.06. The van der Waals surface area contributed by atoms with E-state index in [4.69, 9.17) is 23.2 Å². The van der Waals surface area contributed by atoms with Crippen molar-refractivity contribution in [2.75, 3.05) is 5.32 Å². The van der Waals surface area contributed by atoms with Gasteiger partial charge in [0.25, 0.3) is 5.91 Å². The molecule has 0 aliphatic heterocycles. The zero-order valence-corrected chi connectivity index (χ0v) is 15.9. The molecule has 1 heterocycles. The first-order chi connectivity index (χ1) is 12.3. The number of nitrogens with one attached hydrogen (secondary N) is 1. The van der Waals surface area contributed by atoms with Crippen LogP contribution in [-0.4, -0.2) is 15.7 Å². The molecular formula is C19H16Cl2FN3O.